The molecule has 0 saturated carbocycles. The first-order valence-corrected chi connectivity index (χ1v) is 6.81. The van der Waals surface area contributed by atoms with Gasteiger partial charge in [0, 0.05) is 28.7 Å². The van der Waals surface area contributed by atoms with Crippen LogP contribution in [-0.4, -0.2) is 9.55 Å². The summed E-state index contributed by atoms with van der Waals surface area (Å²) in [7, 11) is 1.91. The third kappa shape index (κ3) is 2.03. The Morgan fingerprint density at radius 2 is 2.10 bits per heavy atom. The fourth-order valence-corrected chi connectivity index (χ4v) is 2.79. The Labute approximate surface area is 127 Å². The number of aryl methyl sites for hydroxylation is 2. The summed E-state index contributed by atoms with van der Waals surface area (Å²) in [5.74, 6) is 0. The fraction of sp³-hybridized carbons (Fsp3) is 0.125. The van der Waals surface area contributed by atoms with Crippen LogP contribution in [0.2, 0.25) is 5.02 Å². The highest BCUT2D eigenvalue weighted by molar-refractivity contribution is 6.31. The molecule has 0 bridgehead atoms. The summed E-state index contributed by atoms with van der Waals surface area (Å²) in [6.45, 7) is 1.90. The highest BCUT2D eigenvalue weighted by Gasteiger charge is 2.18. The van der Waals surface area contributed by atoms with Gasteiger partial charge in [-0.25, -0.2) is 0 Å². The largest absolute Gasteiger partial charge is 0.397 e. The van der Waals surface area contributed by atoms with Crippen LogP contribution in [0.15, 0.2) is 30.5 Å². The van der Waals surface area contributed by atoms with Crippen LogP contribution in [0, 0.1) is 18.3 Å². The van der Waals surface area contributed by atoms with Crippen molar-refractivity contribution in [2.24, 2.45) is 7.05 Å². The van der Waals surface area contributed by atoms with E-state index in [0.29, 0.717) is 16.3 Å². The van der Waals surface area contributed by atoms with Gasteiger partial charge < -0.3 is 10.3 Å². The van der Waals surface area contributed by atoms with E-state index < -0.39 is 0 Å². The maximum absolute atomic E-state index is 9.57. The van der Waals surface area contributed by atoms with Gasteiger partial charge in [0.2, 0.25) is 0 Å². The van der Waals surface area contributed by atoms with Crippen molar-refractivity contribution >= 4 is 28.2 Å². The van der Waals surface area contributed by atoms with Gasteiger partial charge in [-0.05, 0) is 31.2 Å². The molecule has 4 nitrogen and oxygen atoms in total. The maximum Gasteiger partial charge on any atom is 0.102 e. The number of nitrogens with two attached hydrogens (primary N) is 1. The van der Waals surface area contributed by atoms with Crippen molar-refractivity contribution in [3.63, 3.8) is 0 Å². The van der Waals surface area contributed by atoms with Crippen molar-refractivity contribution in [3.05, 3.63) is 46.7 Å². The molecule has 0 fully saturated rings. The average Bonchev–Trinajstić information content (AvgIpc) is 2.74. The molecule has 3 aromatic rings. The molecule has 0 radical (unpaired) electrons. The number of anilines is 1. The highest BCUT2D eigenvalue weighted by atomic mass is 35.5. The number of hydrogen-bond donors (Lipinski definition) is 1. The van der Waals surface area contributed by atoms with E-state index in [1.807, 2.05) is 36.7 Å². The second-order valence-corrected chi connectivity index (χ2v) is 5.39. The molecule has 0 aliphatic carbocycles. The zero-order chi connectivity index (χ0) is 15.1. The van der Waals surface area contributed by atoms with Crippen LogP contribution in [0.1, 0.15) is 11.3 Å². The predicted molar refractivity (Wildman–Crippen MR) is 85.0 cm³/mol. The standard InChI is InChI=1S/C16H13ClN4/c1-9-13(6-11(19)8-20-9)16-14(7-18)12-4-3-10(17)5-15(12)21(16)2/h3-6,8H,19H2,1-2H3. The minimum Gasteiger partial charge on any atom is -0.397 e. The molecule has 0 saturated heterocycles. The number of nitrogen functional groups attached to an aromatic ring is 1. The zero-order valence-corrected chi connectivity index (χ0v) is 12.4. The van der Waals surface area contributed by atoms with E-state index in [2.05, 4.69) is 11.1 Å². The number of nitrogens with zero attached hydrogens (tertiary/aromatic N) is 3. The lowest BCUT2D eigenvalue weighted by Crippen LogP contribution is -1.98. The highest BCUT2D eigenvalue weighted by Crippen LogP contribution is 2.35. The first-order chi connectivity index (χ1) is 10.0. The molecule has 1 aromatic carbocycles. The van der Waals surface area contributed by atoms with Gasteiger partial charge in [0.05, 0.1) is 28.7 Å². The summed E-state index contributed by atoms with van der Waals surface area (Å²) in [6, 6.07) is 9.66. The number of pyridine rings is 1. The summed E-state index contributed by atoms with van der Waals surface area (Å²) >= 11 is 6.07. The Morgan fingerprint density at radius 3 is 2.81 bits per heavy atom. The van der Waals surface area contributed by atoms with Crippen molar-refractivity contribution < 1.29 is 0 Å². The molecule has 0 unspecified atom stereocenters. The lowest BCUT2D eigenvalue weighted by atomic mass is 10.0. The van der Waals surface area contributed by atoms with E-state index in [1.54, 1.807) is 12.3 Å². The van der Waals surface area contributed by atoms with E-state index in [4.69, 9.17) is 17.3 Å². The summed E-state index contributed by atoms with van der Waals surface area (Å²) in [5.41, 5.74) is 10.5. The second kappa shape index (κ2) is 4.80. The third-order valence-electron chi connectivity index (χ3n) is 3.64. The summed E-state index contributed by atoms with van der Waals surface area (Å²) < 4.78 is 1.96. The summed E-state index contributed by atoms with van der Waals surface area (Å²) in [4.78, 5) is 4.29. The molecule has 104 valence electrons. The van der Waals surface area contributed by atoms with Crippen molar-refractivity contribution in [1.29, 1.82) is 5.26 Å². The van der Waals surface area contributed by atoms with Crippen LogP contribution in [0.4, 0.5) is 5.69 Å². The van der Waals surface area contributed by atoms with Crippen LogP contribution in [0.5, 0.6) is 0 Å². The van der Waals surface area contributed by atoms with Gasteiger partial charge in [0.15, 0.2) is 0 Å². The maximum atomic E-state index is 9.57. The Kier molecular flexibility index (Phi) is 3.08. The normalized spacial score (nSPS) is 10.8. The van der Waals surface area contributed by atoms with Gasteiger partial charge >= 0.3 is 0 Å². The molecule has 2 aromatic heterocycles. The van der Waals surface area contributed by atoms with Crippen LogP contribution in [0.3, 0.4) is 0 Å². The topological polar surface area (TPSA) is 67.6 Å². The van der Waals surface area contributed by atoms with Gasteiger partial charge in [-0.3, -0.25) is 4.98 Å². The third-order valence-corrected chi connectivity index (χ3v) is 3.87. The molecule has 0 spiro atoms. The quantitative estimate of drug-likeness (QED) is 0.745. The second-order valence-electron chi connectivity index (χ2n) is 4.96. The Morgan fingerprint density at radius 1 is 1.33 bits per heavy atom. The molecule has 0 atom stereocenters. The van der Waals surface area contributed by atoms with Crippen LogP contribution in [-0.2, 0) is 7.05 Å². The molecule has 0 aliphatic rings. The number of fused-ring (bicyclic) bond motifs is 1. The molecule has 0 amide bonds. The minimum absolute atomic E-state index is 0.572. The lowest BCUT2D eigenvalue weighted by molar-refractivity contribution is 0.971. The smallest absolute Gasteiger partial charge is 0.102 e. The van der Waals surface area contributed by atoms with Crippen molar-refractivity contribution in [2.45, 2.75) is 6.92 Å². The zero-order valence-electron chi connectivity index (χ0n) is 11.7. The van der Waals surface area contributed by atoms with E-state index in [0.717, 1.165) is 27.9 Å². The van der Waals surface area contributed by atoms with E-state index in [9.17, 15) is 5.26 Å². The Balaban J connectivity index is 2.45. The Bertz CT molecular complexity index is 903. The van der Waals surface area contributed by atoms with Crippen LogP contribution < -0.4 is 5.73 Å². The number of hydrogen-bond acceptors (Lipinski definition) is 3. The van der Waals surface area contributed by atoms with Gasteiger partial charge in [-0.15, -0.1) is 0 Å². The van der Waals surface area contributed by atoms with Crippen LogP contribution in [0.25, 0.3) is 22.2 Å². The van der Waals surface area contributed by atoms with Crippen LogP contribution >= 0.6 is 11.6 Å². The van der Waals surface area contributed by atoms with E-state index in [1.165, 1.54) is 0 Å². The molecule has 3 rings (SSSR count). The number of halogens is 1. The predicted octanol–water partition coefficient (Wildman–Crippen LogP) is 3.66. The van der Waals surface area contributed by atoms with E-state index >= 15 is 0 Å². The van der Waals surface area contributed by atoms with Crippen molar-refractivity contribution in [2.75, 3.05) is 5.73 Å². The molecule has 21 heavy (non-hydrogen) atoms. The molecular weight excluding hydrogens is 284 g/mol. The molecule has 0 aliphatic heterocycles. The first-order valence-electron chi connectivity index (χ1n) is 6.43. The van der Waals surface area contributed by atoms with Gasteiger partial charge in [0.1, 0.15) is 6.07 Å². The minimum atomic E-state index is 0.572. The van der Waals surface area contributed by atoms with Crippen molar-refractivity contribution in [1.82, 2.24) is 9.55 Å². The monoisotopic (exact) mass is 296 g/mol. The van der Waals surface area contributed by atoms with Crippen molar-refractivity contribution in [3.8, 4) is 17.3 Å². The molecule has 2 heterocycles. The fourth-order valence-electron chi connectivity index (χ4n) is 2.63. The number of nitriles is 1. The summed E-state index contributed by atoms with van der Waals surface area (Å²) in [5, 5.41) is 11.1. The number of benzene rings is 1. The average molecular weight is 297 g/mol. The SMILES string of the molecule is Cc1ncc(N)cc1-c1c(C#N)c2ccc(Cl)cc2n1C. The van der Waals surface area contributed by atoms with Gasteiger partial charge in [-0.1, -0.05) is 11.6 Å². The molecule has 5 heteroatoms. The van der Waals surface area contributed by atoms with Gasteiger partial charge in [-0.2, -0.15) is 5.26 Å². The first kappa shape index (κ1) is 13.5. The summed E-state index contributed by atoms with van der Waals surface area (Å²) in [6.07, 6.45) is 1.62. The lowest BCUT2D eigenvalue weighted by Gasteiger charge is -2.09. The molecular formula is C16H13ClN4. The molecule has 2 N–H and O–H groups in total. The Hall–Kier alpha value is -2.51. The van der Waals surface area contributed by atoms with Gasteiger partial charge in [0.25, 0.3) is 0 Å². The van der Waals surface area contributed by atoms with E-state index in [-0.39, 0.29) is 0 Å². The number of rotatable bonds is 1. The number of aromatic nitrogens is 2.